The summed E-state index contributed by atoms with van der Waals surface area (Å²) in [7, 11) is 0. The number of fused-ring (bicyclic) bond motifs is 1. The number of aliphatic hydroxyl groups excluding tert-OH is 1. The summed E-state index contributed by atoms with van der Waals surface area (Å²) in [5.74, 6) is -4.90. The minimum Gasteiger partial charge on any atom is -0.480 e. The molecule has 0 spiro atoms. The Morgan fingerprint density at radius 2 is 1.65 bits per heavy atom. The smallest absolute Gasteiger partial charge is 0.328 e. The number of aliphatic hydroxyl groups is 1. The van der Waals surface area contributed by atoms with Crippen LogP contribution in [0.3, 0.4) is 0 Å². The molecule has 1 aromatic carbocycles. The summed E-state index contributed by atoms with van der Waals surface area (Å²) in [6.07, 6.45) is 1.73. The zero-order chi connectivity index (χ0) is 27.7. The monoisotopic (exact) mass is 518 g/mol. The van der Waals surface area contributed by atoms with E-state index in [1.807, 2.05) is 24.3 Å². The number of para-hydroxylation sites is 1. The van der Waals surface area contributed by atoms with E-state index in [4.69, 9.17) is 11.5 Å². The Morgan fingerprint density at radius 3 is 2.24 bits per heavy atom. The third-order valence-electron chi connectivity index (χ3n) is 6.08. The normalized spacial score (nSPS) is 15.1. The van der Waals surface area contributed by atoms with Crippen LogP contribution in [-0.4, -0.2) is 75.6 Å². The van der Waals surface area contributed by atoms with Crippen LogP contribution in [0.2, 0.25) is 0 Å². The van der Waals surface area contributed by atoms with Gasteiger partial charge in [0.1, 0.15) is 18.1 Å². The average molecular weight is 519 g/mol. The Bertz CT molecular complexity index is 1130. The van der Waals surface area contributed by atoms with Gasteiger partial charge in [0, 0.05) is 23.5 Å². The predicted molar refractivity (Wildman–Crippen MR) is 134 cm³/mol. The standard InChI is InChI=1S/C24H34N6O7/c1-3-12(2)20(30-21(33)15(25)9-19(26)32)23(35)28-17(22(34)29-18(11-31)24(36)37)8-13-10-27-16-7-5-4-6-14(13)16/h4-7,10,12,15,17-18,20,27,31H,3,8-9,11,25H2,1-2H3,(H2,26,32)(H,28,35)(H,29,34)(H,30,33)(H,36,37). The molecule has 0 aliphatic rings. The van der Waals surface area contributed by atoms with Gasteiger partial charge in [-0.15, -0.1) is 0 Å². The van der Waals surface area contributed by atoms with Gasteiger partial charge in [0.15, 0.2) is 0 Å². The van der Waals surface area contributed by atoms with Gasteiger partial charge >= 0.3 is 5.97 Å². The molecular formula is C24H34N6O7. The maximum atomic E-state index is 13.3. The zero-order valence-corrected chi connectivity index (χ0v) is 20.7. The van der Waals surface area contributed by atoms with Crippen LogP contribution in [-0.2, 0) is 30.4 Å². The molecule has 202 valence electrons. The number of aromatic nitrogens is 1. The lowest BCUT2D eigenvalue weighted by Crippen LogP contribution is -2.59. The molecule has 0 bridgehead atoms. The highest BCUT2D eigenvalue weighted by Crippen LogP contribution is 2.19. The lowest BCUT2D eigenvalue weighted by Gasteiger charge is -2.27. The molecule has 2 rings (SSSR count). The topological polar surface area (TPSA) is 230 Å². The number of carbonyl (C=O) groups excluding carboxylic acids is 4. The third-order valence-corrected chi connectivity index (χ3v) is 6.08. The number of carboxylic acid groups (broad SMARTS) is 1. The molecule has 1 aromatic heterocycles. The summed E-state index contributed by atoms with van der Waals surface area (Å²) in [6.45, 7) is 2.67. The zero-order valence-electron chi connectivity index (χ0n) is 20.7. The molecule has 5 unspecified atom stereocenters. The summed E-state index contributed by atoms with van der Waals surface area (Å²) in [5, 5.41) is 26.7. The highest BCUT2D eigenvalue weighted by Gasteiger charge is 2.33. The van der Waals surface area contributed by atoms with Crippen molar-refractivity contribution in [2.45, 2.75) is 57.3 Å². The fourth-order valence-corrected chi connectivity index (χ4v) is 3.72. The summed E-state index contributed by atoms with van der Waals surface area (Å²) >= 11 is 0. The van der Waals surface area contributed by atoms with Crippen molar-refractivity contribution in [3.63, 3.8) is 0 Å². The Labute approximate surface area is 213 Å². The first-order chi connectivity index (χ1) is 17.5. The first-order valence-electron chi connectivity index (χ1n) is 11.8. The summed E-state index contributed by atoms with van der Waals surface area (Å²) in [4.78, 5) is 64.4. The molecule has 13 heteroatoms. The highest BCUT2D eigenvalue weighted by atomic mass is 16.4. The van der Waals surface area contributed by atoms with Crippen molar-refractivity contribution in [2.24, 2.45) is 17.4 Å². The number of nitrogens with one attached hydrogen (secondary N) is 4. The summed E-state index contributed by atoms with van der Waals surface area (Å²) in [5.41, 5.74) is 12.3. The van der Waals surface area contributed by atoms with E-state index in [9.17, 15) is 34.2 Å². The Balaban J connectivity index is 2.31. The molecule has 0 saturated carbocycles. The Kier molecular flexibility index (Phi) is 10.6. The quantitative estimate of drug-likeness (QED) is 0.146. The molecule has 10 N–H and O–H groups in total. The van der Waals surface area contributed by atoms with E-state index in [2.05, 4.69) is 20.9 Å². The predicted octanol–water partition coefficient (Wildman–Crippen LogP) is -1.51. The van der Waals surface area contributed by atoms with Crippen molar-refractivity contribution in [3.05, 3.63) is 36.0 Å². The minimum atomic E-state index is -1.58. The molecule has 1 heterocycles. The van der Waals surface area contributed by atoms with Crippen molar-refractivity contribution >= 4 is 40.5 Å². The molecule has 2 aromatic rings. The van der Waals surface area contributed by atoms with Crippen LogP contribution in [0.4, 0.5) is 0 Å². The van der Waals surface area contributed by atoms with E-state index in [1.165, 1.54) is 0 Å². The minimum absolute atomic E-state index is 0.0122. The van der Waals surface area contributed by atoms with Crippen molar-refractivity contribution in [1.29, 1.82) is 0 Å². The maximum absolute atomic E-state index is 13.3. The number of hydrogen-bond donors (Lipinski definition) is 8. The van der Waals surface area contributed by atoms with Gasteiger partial charge in [0.2, 0.25) is 23.6 Å². The third kappa shape index (κ3) is 8.02. The van der Waals surface area contributed by atoms with E-state index in [0.717, 1.165) is 10.9 Å². The number of benzene rings is 1. The fraction of sp³-hybridized carbons (Fsp3) is 0.458. The van der Waals surface area contributed by atoms with Gasteiger partial charge in [-0.3, -0.25) is 19.2 Å². The summed E-state index contributed by atoms with van der Waals surface area (Å²) < 4.78 is 0. The van der Waals surface area contributed by atoms with E-state index >= 15 is 0 Å². The van der Waals surface area contributed by atoms with Gasteiger partial charge in [-0.05, 0) is 17.5 Å². The Morgan fingerprint density at radius 1 is 1.00 bits per heavy atom. The maximum Gasteiger partial charge on any atom is 0.328 e. The number of amides is 4. The van der Waals surface area contributed by atoms with Crippen LogP contribution in [0.15, 0.2) is 30.5 Å². The van der Waals surface area contributed by atoms with Crippen LogP contribution >= 0.6 is 0 Å². The Hall–Kier alpha value is -3.97. The van der Waals surface area contributed by atoms with Crippen LogP contribution in [0.25, 0.3) is 10.9 Å². The van der Waals surface area contributed by atoms with Crippen LogP contribution in [0.5, 0.6) is 0 Å². The number of carboxylic acids is 1. The second-order valence-electron chi connectivity index (χ2n) is 8.86. The largest absolute Gasteiger partial charge is 0.480 e. The van der Waals surface area contributed by atoms with Crippen LogP contribution in [0, 0.1) is 5.92 Å². The molecule has 0 aliphatic heterocycles. The molecule has 13 nitrogen and oxygen atoms in total. The molecule has 0 radical (unpaired) electrons. The van der Waals surface area contributed by atoms with Crippen molar-refractivity contribution < 1.29 is 34.2 Å². The highest BCUT2D eigenvalue weighted by molar-refractivity contribution is 5.95. The van der Waals surface area contributed by atoms with E-state index in [-0.39, 0.29) is 12.3 Å². The van der Waals surface area contributed by atoms with Gasteiger partial charge in [0.05, 0.1) is 19.1 Å². The first kappa shape index (κ1) is 29.3. The van der Waals surface area contributed by atoms with Crippen LogP contribution in [0.1, 0.15) is 32.3 Å². The fourth-order valence-electron chi connectivity index (χ4n) is 3.72. The molecule has 0 fully saturated rings. The second-order valence-corrected chi connectivity index (χ2v) is 8.86. The number of H-pyrrole nitrogens is 1. The molecular weight excluding hydrogens is 484 g/mol. The SMILES string of the molecule is CCC(C)C(NC(=O)C(N)CC(N)=O)C(=O)NC(Cc1c[nH]c2ccccc12)C(=O)NC(CO)C(=O)O. The van der Waals surface area contributed by atoms with Crippen molar-refractivity contribution in [1.82, 2.24) is 20.9 Å². The van der Waals surface area contributed by atoms with Gasteiger partial charge in [-0.2, -0.15) is 0 Å². The van der Waals surface area contributed by atoms with Crippen molar-refractivity contribution in [2.75, 3.05) is 6.61 Å². The average Bonchev–Trinajstić information content (AvgIpc) is 3.26. The molecule has 0 saturated heterocycles. The molecule has 0 aliphatic carbocycles. The van der Waals surface area contributed by atoms with Gasteiger partial charge in [-0.25, -0.2) is 4.79 Å². The van der Waals surface area contributed by atoms with Gasteiger partial charge in [-0.1, -0.05) is 38.5 Å². The number of hydrogen-bond acceptors (Lipinski definition) is 7. The van der Waals surface area contributed by atoms with Crippen LogP contribution < -0.4 is 27.4 Å². The number of carbonyl (C=O) groups is 5. The number of primary amides is 1. The van der Waals surface area contributed by atoms with Crippen molar-refractivity contribution in [3.8, 4) is 0 Å². The number of nitrogens with two attached hydrogens (primary N) is 2. The number of aliphatic carboxylic acids is 1. The number of rotatable bonds is 14. The van der Waals surface area contributed by atoms with E-state index in [1.54, 1.807) is 20.0 Å². The molecule has 4 amide bonds. The lowest BCUT2D eigenvalue weighted by atomic mass is 9.96. The van der Waals surface area contributed by atoms with E-state index < -0.39 is 66.8 Å². The second kappa shape index (κ2) is 13.4. The summed E-state index contributed by atoms with van der Waals surface area (Å²) in [6, 6.07) is 2.11. The molecule has 5 atom stereocenters. The van der Waals surface area contributed by atoms with Gasteiger partial charge < -0.3 is 42.6 Å². The van der Waals surface area contributed by atoms with E-state index in [0.29, 0.717) is 12.0 Å². The van der Waals surface area contributed by atoms with Gasteiger partial charge in [0.25, 0.3) is 0 Å². The lowest BCUT2D eigenvalue weighted by molar-refractivity contribution is -0.143. The number of aromatic amines is 1. The molecule has 37 heavy (non-hydrogen) atoms. The first-order valence-corrected chi connectivity index (χ1v) is 11.8.